The summed E-state index contributed by atoms with van der Waals surface area (Å²) in [5.74, 6) is -0.158. The number of sulfonamides is 1. The van der Waals surface area contributed by atoms with Crippen LogP contribution in [-0.2, 0) is 26.2 Å². The van der Waals surface area contributed by atoms with Crippen molar-refractivity contribution < 1.29 is 22.7 Å². The molecule has 0 saturated heterocycles. The second-order valence-corrected chi connectivity index (χ2v) is 12.6. The molecule has 0 saturated carbocycles. The minimum absolute atomic E-state index is 0.0425. The summed E-state index contributed by atoms with van der Waals surface area (Å²) in [6, 6.07) is 17.6. The molecule has 0 bridgehead atoms. The van der Waals surface area contributed by atoms with Crippen LogP contribution in [0.15, 0.2) is 71.6 Å². The van der Waals surface area contributed by atoms with Crippen molar-refractivity contribution in [3.63, 3.8) is 0 Å². The van der Waals surface area contributed by atoms with E-state index in [9.17, 15) is 18.0 Å². The second kappa shape index (κ2) is 14.6. The highest BCUT2D eigenvalue weighted by atomic mass is 35.5. The Morgan fingerprint density at radius 2 is 1.60 bits per heavy atom. The van der Waals surface area contributed by atoms with Crippen LogP contribution in [0.25, 0.3) is 0 Å². The summed E-state index contributed by atoms with van der Waals surface area (Å²) in [5.41, 5.74) is 2.69. The zero-order chi connectivity index (χ0) is 31.0. The second-order valence-electron chi connectivity index (χ2n) is 10.4. The predicted octanol–water partition coefficient (Wildman–Crippen LogP) is 5.88. The fourth-order valence-electron chi connectivity index (χ4n) is 4.39. The summed E-state index contributed by atoms with van der Waals surface area (Å²) < 4.78 is 34.3. The number of benzene rings is 3. The molecule has 0 aliphatic rings. The van der Waals surface area contributed by atoms with E-state index in [1.165, 1.54) is 23.1 Å². The lowest BCUT2D eigenvalue weighted by Gasteiger charge is -2.34. The molecule has 0 heterocycles. The molecule has 2 unspecified atom stereocenters. The summed E-state index contributed by atoms with van der Waals surface area (Å²) in [7, 11) is -2.61. The van der Waals surface area contributed by atoms with Crippen molar-refractivity contribution in [2.45, 2.75) is 71.0 Å². The van der Waals surface area contributed by atoms with Crippen molar-refractivity contribution in [1.82, 2.24) is 10.2 Å². The van der Waals surface area contributed by atoms with Gasteiger partial charge in [-0.2, -0.15) is 0 Å². The molecule has 1 N–H and O–H groups in total. The van der Waals surface area contributed by atoms with Gasteiger partial charge < -0.3 is 15.0 Å². The smallest absolute Gasteiger partial charge is 0.264 e. The van der Waals surface area contributed by atoms with Crippen molar-refractivity contribution >= 4 is 39.1 Å². The van der Waals surface area contributed by atoms with Gasteiger partial charge in [-0.25, -0.2) is 8.42 Å². The Morgan fingerprint density at radius 1 is 0.952 bits per heavy atom. The molecule has 226 valence electrons. The van der Waals surface area contributed by atoms with Gasteiger partial charge in [0.1, 0.15) is 18.3 Å². The summed E-state index contributed by atoms with van der Waals surface area (Å²) in [6.45, 7) is 8.94. The summed E-state index contributed by atoms with van der Waals surface area (Å²) in [5, 5.41) is 3.35. The number of amides is 2. The standard InChI is InChI=1S/C32H40ClN3O5S/c1-7-24(5)34-32(38)30(8-2)35(20-25-12-15-27(41-6)16-13-25)31(37)21-36(26-14-11-23(4)29(33)19-26)42(39,40)28-17-9-22(3)10-18-28/h9-19,24,30H,7-8,20-21H2,1-6H3,(H,34,38). The van der Waals surface area contributed by atoms with E-state index in [1.54, 1.807) is 43.5 Å². The molecule has 0 aliphatic heterocycles. The third-order valence-electron chi connectivity index (χ3n) is 7.23. The van der Waals surface area contributed by atoms with Gasteiger partial charge in [-0.15, -0.1) is 0 Å². The van der Waals surface area contributed by atoms with Crippen molar-refractivity contribution in [2.75, 3.05) is 18.0 Å². The van der Waals surface area contributed by atoms with Gasteiger partial charge in [0.15, 0.2) is 0 Å². The number of halogens is 1. The molecule has 8 nitrogen and oxygen atoms in total. The number of hydrogen-bond donors (Lipinski definition) is 1. The minimum Gasteiger partial charge on any atom is -0.497 e. The van der Waals surface area contributed by atoms with E-state index in [0.717, 1.165) is 27.4 Å². The quantitative estimate of drug-likeness (QED) is 0.260. The molecule has 3 aromatic carbocycles. The van der Waals surface area contributed by atoms with Gasteiger partial charge in [0, 0.05) is 17.6 Å². The molecular weight excluding hydrogens is 574 g/mol. The summed E-state index contributed by atoms with van der Waals surface area (Å²) in [6.07, 6.45) is 1.07. The molecule has 0 spiro atoms. The first-order valence-electron chi connectivity index (χ1n) is 14.0. The largest absolute Gasteiger partial charge is 0.497 e. The number of hydrogen-bond acceptors (Lipinski definition) is 5. The SMILES string of the molecule is CCC(C)NC(=O)C(CC)N(Cc1ccc(OC)cc1)C(=O)CN(c1ccc(C)c(Cl)c1)S(=O)(=O)c1ccc(C)cc1. The third kappa shape index (κ3) is 8.04. The Labute approximate surface area is 254 Å². The Balaban J connectivity index is 2.08. The number of rotatable bonds is 13. The average molecular weight is 614 g/mol. The number of methoxy groups -OCH3 is 1. The van der Waals surface area contributed by atoms with Crippen molar-refractivity contribution in [2.24, 2.45) is 0 Å². The molecule has 0 fully saturated rings. The van der Waals surface area contributed by atoms with Crippen molar-refractivity contribution in [3.8, 4) is 5.75 Å². The van der Waals surface area contributed by atoms with E-state index >= 15 is 0 Å². The van der Waals surface area contributed by atoms with E-state index in [4.69, 9.17) is 16.3 Å². The predicted molar refractivity (Wildman–Crippen MR) is 167 cm³/mol. The average Bonchev–Trinajstić information content (AvgIpc) is 2.97. The number of carbonyl (C=O) groups excluding carboxylic acids is 2. The van der Waals surface area contributed by atoms with Gasteiger partial charge in [0.2, 0.25) is 11.8 Å². The highest BCUT2D eigenvalue weighted by molar-refractivity contribution is 7.92. The van der Waals surface area contributed by atoms with Crippen LogP contribution in [0, 0.1) is 13.8 Å². The van der Waals surface area contributed by atoms with Gasteiger partial charge in [0.25, 0.3) is 10.0 Å². The number of aryl methyl sites for hydroxylation is 2. The number of nitrogens with one attached hydrogen (secondary N) is 1. The summed E-state index contributed by atoms with van der Waals surface area (Å²) >= 11 is 6.40. The number of anilines is 1. The van der Waals surface area contributed by atoms with Crippen LogP contribution in [0.2, 0.25) is 5.02 Å². The first-order chi connectivity index (χ1) is 19.9. The van der Waals surface area contributed by atoms with Gasteiger partial charge >= 0.3 is 0 Å². The van der Waals surface area contributed by atoms with Crippen LogP contribution < -0.4 is 14.4 Å². The normalized spacial score (nSPS) is 12.7. The van der Waals surface area contributed by atoms with Crippen molar-refractivity contribution in [3.05, 3.63) is 88.4 Å². The van der Waals surface area contributed by atoms with Crippen LogP contribution >= 0.6 is 11.6 Å². The van der Waals surface area contributed by atoms with Crippen LogP contribution in [0.4, 0.5) is 5.69 Å². The van der Waals surface area contributed by atoms with Gasteiger partial charge in [0.05, 0.1) is 17.7 Å². The monoisotopic (exact) mass is 613 g/mol. The Bertz CT molecular complexity index is 1480. The van der Waals surface area contributed by atoms with E-state index in [0.29, 0.717) is 17.2 Å². The molecule has 10 heteroatoms. The molecule has 0 aliphatic carbocycles. The van der Waals surface area contributed by atoms with Gasteiger partial charge in [-0.3, -0.25) is 13.9 Å². The molecular formula is C32H40ClN3O5S. The van der Waals surface area contributed by atoms with Crippen LogP contribution in [0.1, 0.15) is 50.3 Å². The minimum atomic E-state index is -4.18. The van der Waals surface area contributed by atoms with E-state index in [2.05, 4.69) is 5.32 Å². The zero-order valence-electron chi connectivity index (χ0n) is 25.1. The Morgan fingerprint density at radius 3 is 2.14 bits per heavy atom. The highest BCUT2D eigenvalue weighted by Gasteiger charge is 2.34. The Hall–Kier alpha value is -3.56. The first-order valence-corrected chi connectivity index (χ1v) is 15.8. The van der Waals surface area contributed by atoms with E-state index in [1.807, 2.05) is 46.8 Å². The van der Waals surface area contributed by atoms with Crippen LogP contribution in [0.3, 0.4) is 0 Å². The molecule has 0 radical (unpaired) electrons. The lowest BCUT2D eigenvalue weighted by atomic mass is 10.1. The number of nitrogens with zero attached hydrogens (tertiary/aromatic N) is 2. The maximum absolute atomic E-state index is 14.2. The maximum Gasteiger partial charge on any atom is 0.264 e. The topological polar surface area (TPSA) is 96.0 Å². The van der Waals surface area contributed by atoms with E-state index < -0.39 is 28.5 Å². The first kappa shape index (κ1) is 32.9. The fraction of sp³-hybridized carbons (Fsp3) is 0.375. The maximum atomic E-state index is 14.2. The third-order valence-corrected chi connectivity index (χ3v) is 9.43. The molecule has 3 rings (SSSR count). The van der Waals surface area contributed by atoms with Crippen molar-refractivity contribution in [1.29, 1.82) is 0 Å². The number of carbonyl (C=O) groups is 2. The summed E-state index contributed by atoms with van der Waals surface area (Å²) in [4.78, 5) is 29.1. The zero-order valence-corrected chi connectivity index (χ0v) is 26.6. The molecule has 0 aromatic heterocycles. The van der Waals surface area contributed by atoms with Crippen LogP contribution in [0.5, 0.6) is 5.75 Å². The fourth-order valence-corrected chi connectivity index (χ4v) is 5.97. The molecule has 2 atom stereocenters. The lowest BCUT2D eigenvalue weighted by molar-refractivity contribution is -0.140. The highest BCUT2D eigenvalue weighted by Crippen LogP contribution is 2.29. The van der Waals surface area contributed by atoms with Gasteiger partial charge in [-0.1, -0.05) is 61.3 Å². The van der Waals surface area contributed by atoms with Crippen LogP contribution in [-0.4, -0.2) is 50.9 Å². The number of ether oxygens (including phenoxy) is 1. The Kier molecular flexibility index (Phi) is 11.4. The molecule has 3 aromatic rings. The lowest BCUT2D eigenvalue weighted by Crippen LogP contribution is -2.53. The van der Waals surface area contributed by atoms with Gasteiger partial charge in [-0.05, 0) is 81.1 Å². The molecule has 2 amide bonds. The molecule has 42 heavy (non-hydrogen) atoms. The van der Waals surface area contributed by atoms with E-state index in [-0.39, 0.29) is 29.1 Å².